The topological polar surface area (TPSA) is 6.48 Å². The van der Waals surface area contributed by atoms with E-state index in [2.05, 4.69) is 278 Å². The lowest BCUT2D eigenvalue weighted by atomic mass is 9.70. The summed E-state index contributed by atoms with van der Waals surface area (Å²) in [7, 11) is 0. The van der Waals surface area contributed by atoms with E-state index >= 15 is 0 Å². The first-order valence-electron chi connectivity index (χ1n) is 28.1. The molecule has 1 spiro atoms. The molecule has 3 aliphatic rings. The van der Waals surface area contributed by atoms with Gasteiger partial charge in [-0.15, -0.1) is 0 Å². The highest BCUT2D eigenvalue weighted by molar-refractivity contribution is 6.31. The molecule has 0 fully saturated rings. The fourth-order valence-electron chi connectivity index (χ4n) is 15.0. The minimum absolute atomic E-state index is 0.0863. The minimum Gasteiger partial charge on any atom is -0.310 e. The third-order valence-corrected chi connectivity index (χ3v) is 18.9. The number of nitrogens with zero attached hydrogens (tertiary/aromatic N) is 2. The van der Waals surface area contributed by atoms with Crippen molar-refractivity contribution in [3.05, 3.63) is 299 Å². The summed E-state index contributed by atoms with van der Waals surface area (Å²) >= 11 is 7.11. The first-order chi connectivity index (χ1) is 39.4. The van der Waals surface area contributed by atoms with Crippen LogP contribution in [0.1, 0.15) is 53.6 Å². The second kappa shape index (κ2) is 16.8. The lowest BCUT2D eigenvalue weighted by Crippen LogP contribution is -2.26. The molecule has 1 atom stereocenters. The van der Waals surface area contributed by atoms with Crippen molar-refractivity contribution in [2.45, 2.75) is 31.1 Å². The van der Waals surface area contributed by atoms with Gasteiger partial charge in [-0.05, 0) is 201 Å². The largest absolute Gasteiger partial charge is 0.310 e. The first kappa shape index (κ1) is 45.5. The van der Waals surface area contributed by atoms with Crippen molar-refractivity contribution < 1.29 is 0 Å². The quantitative estimate of drug-likeness (QED) is 0.147. The van der Waals surface area contributed by atoms with Crippen LogP contribution in [0.3, 0.4) is 0 Å². The second-order valence-electron chi connectivity index (χ2n) is 22.6. The molecule has 14 aromatic rings. The summed E-state index contributed by atoms with van der Waals surface area (Å²) in [5.74, 6) is 0. The lowest BCUT2D eigenvalue weighted by Gasteiger charge is -2.33. The molecule has 0 heterocycles. The van der Waals surface area contributed by atoms with Gasteiger partial charge in [-0.25, -0.2) is 0 Å². The van der Waals surface area contributed by atoms with E-state index in [9.17, 15) is 0 Å². The van der Waals surface area contributed by atoms with E-state index in [1.165, 1.54) is 121 Å². The van der Waals surface area contributed by atoms with Gasteiger partial charge < -0.3 is 9.80 Å². The summed E-state index contributed by atoms with van der Waals surface area (Å²) in [6.07, 6.45) is 1.01. The Morgan fingerprint density at radius 2 is 0.812 bits per heavy atom. The number of hydrogen-bond donors (Lipinski definition) is 0. The molecule has 80 heavy (non-hydrogen) atoms. The normalized spacial score (nSPS) is 15.1. The summed E-state index contributed by atoms with van der Waals surface area (Å²) in [6.45, 7) is 4.74. The summed E-state index contributed by atoms with van der Waals surface area (Å²) < 4.78 is 0. The second-order valence-corrected chi connectivity index (χ2v) is 23.0. The van der Waals surface area contributed by atoms with Crippen LogP contribution >= 0.6 is 11.6 Å². The molecule has 0 saturated heterocycles. The highest BCUT2D eigenvalue weighted by Gasteiger charge is 2.53. The van der Waals surface area contributed by atoms with Crippen molar-refractivity contribution in [1.29, 1.82) is 0 Å². The molecule has 2 nitrogen and oxygen atoms in total. The van der Waals surface area contributed by atoms with Gasteiger partial charge in [-0.3, -0.25) is 0 Å². The van der Waals surface area contributed by atoms with E-state index in [1.807, 2.05) is 6.07 Å². The highest BCUT2D eigenvalue weighted by Crippen LogP contribution is 2.66. The number of rotatable bonds is 7. The number of benzene rings is 14. The molecule has 1 unspecified atom stereocenters. The molecule has 0 aromatic heterocycles. The molecule has 17 rings (SSSR count). The smallest absolute Gasteiger partial charge is 0.0726 e. The molecule has 14 aromatic carbocycles. The molecule has 0 radical (unpaired) electrons. The minimum atomic E-state index is -0.589. The molecule has 376 valence electrons. The van der Waals surface area contributed by atoms with Gasteiger partial charge in [0, 0.05) is 44.1 Å². The third kappa shape index (κ3) is 6.14. The van der Waals surface area contributed by atoms with Gasteiger partial charge in [0.05, 0.1) is 16.8 Å². The maximum atomic E-state index is 7.11. The lowest BCUT2D eigenvalue weighted by molar-refractivity contribution is 0.564. The van der Waals surface area contributed by atoms with Crippen molar-refractivity contribution in [1.82, 2.24) is 0 Å². The van der Waals surface area contributed by atoms with Gasteiger partial charge in [0.2, 0.25) is 0 Å². The molecule has 0 saturated carbocycles. The number of fused-ring (bicyclic) bond motifs is 15. The van der Waals surface area contributed by atoms with Crippen LogP contribution in [0.5, 0.6) is 0 Å². The Kier molecular flexibility index (Phi) is 9.55. The monoisotopic (exact) mass is 1040 g/mol. The predicted molar refractivity (Wildman–Crippen MR) is 338 cm³/mol. The van der Waals surface area contributed by atoms with E-state index in [0.717, 1.165) is 40.5 Å². The van der Waals surface area contributed by atoms with Crippen molar-refractivity contribution in [3.8, 4) is 33.4 Å². The molecule has 0 bridgehead atoms. The molecule has 0 amide bonds. The van der Waals surface area contributed by atoms with E-state index in [4.69, 9.17) is 11.6 Å². The maximum Gasteiger partial charge on any atom is 0.0726 e. The molecular weight excluding hydrogens is 988 g/mol. The Bertz CT molecular complexity index is 4850. The van der Waals surface area contributed by atoms with E-state index in [1.54, 1.807) is 0 Å². The predicted octanol–water partition coefficient (Wildman–Crippen LogP) is 21.5. The van der Waals surface area contributed by atoms with E-state index in [-0.39, 0.29) is 5.41 Å². The van der Waals surface area contributed by atoms with Gasteiger partial charge in [-0.2, -0.15) is 0 Å². The summed E-state index contributed by atoms with van der Waals surface area (Å²) in [4.78, 5) is 4.96. The summed E-state index contributed by atoms with van der Waals surface area (Å²) in [6, 6.07) is 98.1. The Morgan fingerprint density at radius 3 is 1.50 bits per heavy atom. The first-order valence-corrected chi connectivity index (χ1v) is 28.4. The zero-order valence-corrected chi connectivity index (χ0v) is 45.1. The Morgan fingerprint density at radius 1 is 0.325 bits per heavy atom. The number of hydrogen-bond acceptors (Lipinski definition) is 2. The number of halogens is 1. The van der Waals surface area contributed by atoms with Crippen LogP contribution in [0.4, 0.5) is 34.1 Å². The zero-order valence-electron chi connectivity index (χ0n) is 44.3. The van der Waals surface area contributed by atoms with Crippen LogP contribution in [0, 0.1) is 0 Å². The standard InChI is InChI=1S/C77H51ClN2/c1-3-76(2)65-28-10-8-26-59(65)64-46-58(36-38-66(64)76)79(71-39-35-49-33-32-47-20-12-21-48-34-37-61(71)74(49)73(47)48)56-24-14-25-57(45-56)80(55-23-13-22-54(78)44-55)72-31-15-30-68-75(72)60-27-9-11-29-67(60)77(68)69-42-52-18-6-4-16-50(52)40-62(69)63-41-51-17-5-7-19-53(51)43-70(63)77/h4-46H,3H2,1-2H3. The fraction of sp³-hybridized carbons (Fsp3) is 0.0649. The van der Waals surface area contributed by atoms with E-state index < -0.39 is 5.41 Å². The Hall–Kier alpha value is -9.47. The van der Waals surface area contributed by atoms with Gasteiger partial charge in [0.15, 0.2) is 0 Å². The summed E-state index contributed by atoms with van der Waals surface area (Å²) in [5, 5.41) is 13.2. The van der Waals surface area contributed by atoms with Crippen LogP contribution in [0.15, 0.2) is 261 Å². The van der Waals surface area contributed by atoms with Crippen LogP contribution in [-0.2, 0) is 10.8 Å². The SMILES string of the molecule is CCC1(C)c2ccccc2-c2cc(N(c3cccc(N(c4cccc(Cl)c4)c4cccc5c4-c4ccccc4C54c5cc6ccccc6cc5-c5cc6ccccc6cc54)c3)c3ccc4ccc5cccc6ccc3c4c56)ccc21. The molecule has 3 heteroatoms. The van der Waals surface area contributed by atoms with Gasteiger partial charge in [0.25, 0.3) is 0 Å². The molecular formula is C77H51ClN2. The molecule has 0 aliphatic heterocycles. The van der Waals surface area contributed by atoms with Crippen molar-refractivity contribution >= 4 is 99.6 Å². The third-order valence-electron chi connectivity index (χ3n) is 18.7. The Labute approximate surface area is 470 Å². The molecule has 0 N–H and O–H groups in total. The van der Waals surface area contributed by atoms with Crippen LogP contribution in [-0.4, -0.2) is 0 Å². The van der Waals surface area contributed by atoms with Crippen LogP contribution in [0.2, 0.25) is 5.02 Å². The van der Waals surface area contributed by atoms with Crippen molar-refractivity contribution in [3.63, 3.8) is 0 Å². The Balaban J connectivity index is 0.922. The summed E-state index contributed by atoms with van der Waals surface area (Å²) in [5.41, 5.74) is 21.3. The van der Waals surface area contributed by atoms with Gasteiger partial charge in [0.1, 0.15) is 0 Å². The van der Waals surface area contributed by atoms with Gasteiger partial charge >= 0.3 is 0 Å². The number of anilines is 6. The average Bonchev–Trinajstić information content (AvgIpc) is 2.66. The van der Waals surface area contributed by atoms with Gasteiger partial charge in [-0.1, -0.05) is 201 Å². The maximum absolute atomic E-state index is 7.11. The zero-order chi connectivity index (χ0) is 53.0. The average molecular weight is 1040 g/mol. The van der Waals surface area contributed by atoms with Crippen molar-refractivity contribution in [2.24, 2.45) is 0 Å². The van der Waals surface area contributed by atoms with E-state index in [0.29, 0.717) is 5.02 Å². The van der Waals surface area contributed by atoms with Crippen LogP contribution in [0.25, 0.3) is 87.2 Å². The highest BCUT2D eigenvalue weighted by atomic mass is 35.5. The molecule has 3 aliphatic carbocycles. The van der Waals surface area contributed by atoms with Crippen LogP contribution < -0.4 is 9.80 Å². The van der Waals surface area contributed by atoms with Crippen molar-refractivity contribution in [2.75, 3.05) is 9.80 Å². The fourth-order valence-corrected chi connectivity index (χ4v) is 15.2.